The van der Waals surface area contributed by atoms with E-state index in [0.29, 0.717) is 30.4 Å². The van der Waals surface area contributed by atoms with Gasteiger partial charge in [0.25, 0.3) is 0 Å². The van der Waals surface area contributed by atoms with Crippen molar-refractivity contribution >= 4 is 34.1 Å². The van der Waals surface area contributed by atoms with E-state index in [0.717, 1.165) is 53.7 Å². The summed E-state index contributed by atoms with van der Waals surface area (Å²) < 4.78 is 5.53. The van der Waals surface area contributed by atoms with Gasteiger partial charge in [0, 0.05) is 22.5 Å². The van der Waals surface area contributed by atoms with Crippen molar-refractivity contribution in [2.75, 3.05) is 31.6 Å². The Hall–Kier alpha value is -1.73. The van der Waals surface area contributed by atoms with Gasteiger partial charge in [-0.15, -0.1) is 0 Å². The summed E-state index contributed by atoms with van der Waals surface area (Å²) in [6.45, 7) is 4.93. The maximum atomic E-state index is 12.7. The fraction of sp³-hybridized carbons (Fsp3) is 0.615. The number of hydrogen-bond donors (Lipinski definition) is 2. The number of pyridine rings is 1. The number of nitrogens with one attached hydrogen (secondary N) is 1. The lowest BCUT2D eigenvalue weighted by Crippen LogP contribution is -2.56. The summed E-state index contributed by atoms with van der Waals surface area (Å²) >= 11 is 6.71. The van der Waals surface area contributed by atoms with E-state index in [1.54, 1.807) is 6.20 Å². The van der Waals surface area contributed by atoms with E-state index in [9.17, 15) is 9.90 Å². The Kier molecular flexibility index (Phi) is 5.22. The van der Waals surface area contributed by atoms with Gasteiger partial charge in [0.15, 0.2) is 0 Å². The first-order valence-electron chi connectivity index (χ1n) is 12.3. The molecule has 7 heteroatoms. The van der Waals surface area contributed by atoms with Gasteiger partial charge in [0.1, 0.15) is 5.82 Å². The summed E-state index contributed by atoms with van der Waals surface area (Å²) in [6, 6.07) is 6.15. The van der Waals surface area contributed by atoms with Crippen molar-refractivity contribution in [3.8, 4) is 0 Å². The average Bonchev–Trinajstić information content (AvgIpc) is 3.48. The maximum Gasteiger partial charge on any atom is 0.229 e. The molecule has 2 aliphatic carbocycles. The summed E-state index contributed by atoms with van der Waals surface area (Å²) in [5.74, 6) is 1.28. The van der Waals surface area contributed by atoms with Crippen LogP contribution in [0.4, 0.5) is 5.82 Å². The number of benzene rings is 1. The third-order valence-electron chi connectivity index (χ3n) is 8.99. The Morgan fingerprint density at radius 1 is 1.24 bits per heavy atom. The average molecular weight is 470 g/mol. The number of aliphatic hydroxyl groups excluding tert-OH is 1. The number of aliphatic hydroxyl groups is 1. The number of anilines is 1. The molecule has 1 amide bonds. The number of aromatic nitrogens is 1. The molecule has 2 saturated carbocycles. The van der Waals surface area contributed by atoms with Crippen LogP contribution in [-0.4, -0.2) is 58.8 Å². The van der Waals surface area contributed by atoms with Gasteiger partial charge in [-0.05, 0) is 92.6 Å². The second-order valence-corrected chi connectivity index (χ2v) is 11.3. The molecule has 2 N–H and O–H groups in total. The lowest BCUT2D eigenvalue weighted by Gasteiger charge is -2.43. The van der Waals surface area contributed by atoms with Crippen LogP contribution >= 0.6 is 11.6 Å². The molecule has 3 atom stereocenters. The Morgan fingerprint density at radius 2 is 2.03 bits per heavy atom. The maximum absolute atomic E-state index is 12.7. The van der Waals surface area contributed by atoms with Crippen molar-refractivity contribution in [3.63, 3.8) is 0 Å². The first-order chi connectivity index (χ1) is 15.9. The van der Waals surface area contributed by atoms with Crippen molar-refractivity contribution < 1.29 is 14.6 Å². The fourth-order valence-electron chi connectivity index (χ4n) is 6.34. The summed E-state index contributed by atoms with van der Waals surface area (Å²) in [4.78, 5) is 19.5. The van der Waals surface area contributed by atoms with Crippen LogP contribution in [0.3, 0.4) is 0 Å². The molecule has 6 nitrogen and oxygen atoms in total. The Balaban J connectivity index is 1.17. The highest BCUT2D eigenvalue weighted by molar-refractivity contribution is 6.32. The summed E-state index contributed by atoms with van der Waals surface area (Å²) in [5.41, 5.74) is 1.18. The molecule has 2 aliphatic heterocycles. The van der Waals surface area contributed by atoms with Crippen LogP contribution in [0, 0.1) is 11.3 Å². The molecule has 0 bridgehead atoms. The molecule has 2 aromatic rings. The van der Waals surface area contributed by atoms with Crippen LogP contribution in [-0.2, 0) is 9.53 Å². The van der Waals surface area contributed by atoms with Gasteiger partial charge in [-0.25, -0.2) is 4.98 Å². The Morgan fingerprint density at radius 3 is 2.67 bits per heavy atom. The molecular formula is C26H32ClN3O3. The van der Waals surface area contributed by atoms with E-state index in [4.69, 9.17) is 16.3 Å². The van der Waals surface area contributed by atoms with E-state index in [-0.39, 0.29) is 17.4 Å². The summed E-state index contributed by atoms with van der Waals surface area (Å²) in [7, 11) is 0. The molecule has 4 fully saturated rings. The zero-order valence-corrected chi connectivity index (χ0v) is 19.9. The molecular weight excluding hydrogens is 438 g/mol. The van der Waals surface area contributed by atoms with Crippen LogP contribution in [0.5, 0.6) is 0 Å². The number of amides is 1. The van der Waals surface area contributed by atoms with Gasteiger partial charge in [-0.3, -0.25) is 9.69 Å². The molecule has 2 saturated heterocycles. The van der Waals surface area contributed by atoms with Gasteiger partial charge in [0.2, 0.25) is 5.91 Å². The predicted octanol–water partition coefficient (Wildman–Crippen LogP) is 4.35. The number of hydrogen-bond acceptors (Lipinski definition) is 5. The van der Waals surface area contributed by atoms with Crippen LogP contribution < -0.4 is 5.32 Å². The van der Waals surface area contributed by atoms with Gasteiger partial charge in [-0.1, -0.05) is 18.0 Å². The zero-order valence-electron chi connectivity index (χ0n) is 19.1. The van der Waals surface area contributed by atoms with Crippen LogP contribution in [0.25, 0.3) is 10.8 Å². The fourth-order valence-corrected chi connectivity index (χ4v) is 6.66. The lowest BCUT2D eigenvalue weighted by atomic mass is 9.80. The normalized spacial score (nSPS) is 31.6. The Bertz CT molecular complexity index is 1100. The SMILES string of the molecule is C[C@@]1(N2CCC(c3cc4cc(NC(=O)[C@H]5CC56CCC6)ncc4cc3Cl)CC2)COC[C@@H]1O. The van der Waals surface area contributed by atoms with Crippen LogP contribution in [0.15, 0.2) is 24.4 Å². The van der Waals surface area contributed by atoms with Crippen molar-refractivity contribution in [3.05, 3.63) is 35.0 Å². The highest BCUT2D eigenvalue weighted by Gasteiger charge is 2.60. The first kappa shape index (κ1) is 21.8. The van der Waals surface area contributed by atoms with E-state index in [1.807, 2.05) is 12.1 Å². The molecule has 1 aromatic heterocycles. The summed E-state index contributed by atoms with van der Waals surface area (Å²) in [6.07, 6.45) is 8.04. The topological polar surface area (TPSA) is 74.7 Å². The Labute approximate surface area is 199 Å². The molecule has 0 radical (unpaired) electrons. The van der Waals surface area contributed by atoms with Gasteiger partial charge >= 0.3 is 0 Å². The van der Waals surface area contributed by atoms with Crippen molar-refractivity contribution in [2.45, 2.75) is 63.0 Å². The number of piperidine rings is 1. The second-order valence-electron chi connectivity index (χ2n) is 10.9. The quantitative estimate of drug-likeness (QED) is 0.696. The van der Waals surface area contributed by atoms with Crippen molar-refractivity contribution in [2.24, 2.45) is 11.3 Å². The highest BCUT2D eigenvalue weighted by atomic mass is 35.5. The van der Waals surface area contributed by atoms with E-state index < -0.39 is 6.10 Å². The van der Waals surface area contributed by atoms with Gasteiger partial charge < -0.3 is 15.2 Å². The zero-order chi connectivity index (χ0) is 22.8. The molecule has 1 aromatic carbocycles. The third-order valence-corrected chi connectivity index (χ3v) is 9.32. The molecule has 6 rings (SSSR count). The van der Waals surface area contributed by atoms with Crippen LogP contribution in [0.2, 0.25) is 5.02 Å². The number of nitrogens with zero attached hydrogens (tertiary/aromatic N) is 2. The van der Waals surface area contributed by atoms with E-state index >= 15 is 0 Å². The standard InChI is InChI=1S/C26H32ClN3O3/c1-25(15-33-14-22(25)31)30-7-3-16(4-8-30)19-9-17-11-23(28-13-18(17)10-21(19)27)29-24(32)20-12-26(20)5-2-6-26/h9-11,13,16,20,22,31H,2-8,12,14-15H2,1H3,(H,28,29,32)/t20-,22+,25-/m1/s1. The molecule has 0 unspecified atom stereocenters. The molecule has 33 heavy (non-hydrogen) atoms. The molecule has 3 heterocycles. The van der Waals surface area contributed by atoms with E-state index in [1.165, 1.54) is 19.3 Å². The summed E-state index contributed by atoms with van der Waals surface area (Å²) in [5, 5.41) is 16.3. The minimum Gasteiger partial charge on any atom is -0.389 e. The third kappa shape index (κ3) is 3.66. The minimum absolute atomic E-state index is 0.120. The largest absolute Gasteiger partial charge is 0.389 e. The van der Waals surface area contributed by atoms with Crippen molar-refractivity contribution in [1.82, 2.24) is 9.88 Å². The number of carbonyl (C=O) groups excluding carboxylic acids is 1. The number of carbonyl (C=O) groups is 1. The number of ether oxygens (including phenoxy) is 1. The smallest absolute Gasteiger partial charge is 0.229 e. The highest BCUT2D eigenvalue weighted by Crippen LogP contribution is 2.65. The first-order valence-corrected chi connectivity index (χ1v) is 12.7. The molecule has 176 valence electrons. The second kappa shape index (κ2) is 7.91. The van der Waals surface area contributed by atoms with E-state index in [2.05, 4.69) is 28.2 Å². The molecule has 4 aliphatic rings. The number of fused-ring (bicyclic) bond motifs is 1. The minimum atomic E-state index is -0.436. The molecule has 1 spiro atoms. The van der Waals surface area contributed by atoms with Gasteiger partial charge in [-0.2, -0.15) is 0 Å². The number of rotatable bonds is 4. The lowest BCUT2D eigenvalue weighted by molar-refractivity contribution is -0.118. The monoisotopic (exact) mass is 469 g/mol. The predicted molar refractivity (Wildman–Crippen MR) is 129 cm³/mol. The number of halogens is 1. The number of likely N-dealkylation sites (tertiary alicyclic amines) is 1. The van der Waals surface area contributed by atoms with Gasteiger partial charge in [0.05, 0.1) is 24.9 Å². The van der Waals surface area contributed by atoms with Crippen molar-refractivity contribution in [1.29, 1.82) is 0 Å². The van der Waals surface area contributed by atoms with Crippen LogP contribution in [0.1, 0.15) is 56.9 Å².